The molecule has 2 amide bonds. The SMILES string of the molecule is CCCCCOc1ccccc1C(=O)NC1CCCCC1NC(=O)c1ccccc1OCCCCC. The molecule has 0 heterocycles. The van der Waals surface area contributed by atoms with Crippen LogP contribution >= 0.6 is 0 Å². The predicted octanol–water partition coefficient (Wildman–Crippen LogP) is 6.30. The number of ether oxygens (including phenoxy) is 2. The number of rotatable bonds is 14. The van der Waals surface area contributed by atoms with Crippen LogP contribution in [-0.2, 0) is 0 Å². The van der Waals surface area contributed by atoms with Gasteiger partial charge in [-0.3, -0.25) is 9.59 Å². The summed E-state index contributed by atoms with van der Waals surface area (Å²) in [7, 11) is 0. The number of unbranched alkanes of at least 4 members (excludes halogenated alkanes) is 4. The lowest BCUT2D eigenvalue weighted by atomic mass is 9.89. The van der Waals surface area contributed by atoms with Crippen molar-refractivity contribution in [2.45, 2.75) is 90.1 Å². The summed E-state index contributed by atoms with van der Waals surface area (Å²) in [6.45, 7) is 5.50. The Balaban J connectivity index is 1.63. The van der Waals surface area contributed by atoms with Crippen molar-refractivity contribution in [2.75, 3.05) is 13.2 Å². The van der Waals surface area contributed by atoms with Gasteiger partial charge in [-0.1, -0.05) is 76.6 Å². The number of benzene rings is 2. The van der Waals surface area contributed by atoms with Crippen LogP contribution in [0.2, 0.25) is 0 Å². The minimum Gasteiger partial charge on any atom is -0.493 e. The average Bonchev–Trinajstić information content (AvgIpc) is 2.90. The summed E-state index contributed by atoms with van der Waals surface area (Å²) in [5, 5.41) is 6.36. The molecule has 2 aromatic rings. The lowest BCUT2D eigenvalue weighted by molar-refractivity contribution is 0.0858. The Morgan fingerprint density at radius 1 is 0.694 bits per heavy atom. The zero-order valence-electron chi connectivity index (χ0n) is 21.9. The zero-order valence-corrected chi connectivity index (χ0v) is 21.9. The first kappa shape index (κ1) is 27.6. The lowest BCUT2D eigenvalue weighted by Crippen LogP contribution is -2.53. The molecular weight excluding hydrogens is 452 g/mol. The number of hydrogen-bond donors (Lipinski definition) is 2. The van der Waals surface area contributed by atoms with E-state index in [0.29, 0.717) is 35.8 Å². The van der Waals surface area contributed by atoms with E-state index in [4.69, 9.17) is 9.47 Å². The third-order valence-electron chi connectivity index (χ3n) is 6.67. The van der Waals surface area contributed by atoms with Crippen molar-refractivity contribution >= 4 is 11.8 Å². The fourth-order valence-electron chi connectivity index (χ4n) is 4.60. The summed E-state index contributed by atoms with van der Waals surface area (Å²) < 4.78 is 11.8. The van der Waals surface area contributed by atoms with E-state index >= 15 is 0 Å². The van der Waals surface area contributed by atoms with E-state index in [-0.39, 0.29) is 23.9 Å². The molecule has 6 nitrogen and oxygen atoms in total. The Morgan fingerprint density at radius 2 is 1.11 bits per heavy atom. The predicted molar refractivity (Wildman–Crippen MR) is 144 cm³/mol. The third-order valence-corrected chi connectivity index (χ3v) is 6.67. The maximum atomic E-state index is 13.2. The Labute approximate surface area is 216 Å². The van der Waals surface area contributed by atoms with Gasteiger partial charge < -0.3 is 20.1 Å². The van der Waals surface area contributed by atoms with E-state index in [2.05, 4.69) is 24.5 Å². The van der Waals surface area contributed by atoms with Crippen molar-refractivity contribution in [1.29, 1.82) is 0 Å². The smallest absolute Gasteiger partial charge is 0.255 e. The van der Waals surface area contributed by atoms with Crippen LogP contribution in [0.15, 0.2) is 48.5 Å². The summed E-state index contributed by atoms with van der Waals surface area (Å²) in [5.74, 6) is 0.895. The van der Waals surface area contributed by atoms with Gasteiger partial charge in [-0.15, -0.1) is 0 Å². The van der Waals surface area contributed by atoms with E-state index in [0.717, 1.165) is 64.2 Å². The molecule has 0 spiro atoms. The molecule has 1 fully saturated rings. The van der Waals surface area contributed by atoms with Crippen LogP contribution in [0.3, 0.4) is 0 Å². The number of carbonyl (C=O) groups excluding carboxylic acids is 2. The molecular formula is C30H42N2O4. The summed E-state index contributed by atoms with van der Waals surface area (Å²) in [4.78, 5) is 26.5. The number of carbonyl (C=O) groups is 2. The largest absolute Gasteiger partial charge is 0.493 e. The molecule has 2 aromatic carbocycles. The van der Waals surface area contributed by atoms with Gasteiger partial charge in [-0.2, -0.15) is 0 Å². The fourth-order valence-corrected chi connectivity index (χ4v) is 4.60. The number of nitrogens with one attached hydrogen (secondary N) is 2. The van der Waals surface area contributed by atoms with Gasteiger partial charge in [-0.25, -0.2) is 0 Å². The molecule has 2 N–H and O–H groups in total. The molecule has 0 bridgehead atoms. The summed E-state index contributed by atoms with van der Waals surface area (Å²) >= 11 is 0. The Hall–Kier alpha value is -3.02. The van der Waals surface area contributed by atoms with E-state index in [1.165, 1.54) is 0 Å². The van der Waals surface area contributed by atoms with Crippen LogP contribution in [0.25, 0.3) is 0 Å². The van der Waals surface area contributed by atoms with E-state index < -0.39 is 0 Å². The van der Waals surface area contributed by atoms with Crippen molar-refractivity contribution in [3.8, 4) is 11.5 Å². The Morgan fingerprint density at radius 3 is 1.53 bits per heavy atom. The van der Waals surface area contributed by atoms with Gasteiger partial charge in [0.1, 0.15) is 11.5 Å². The van der Waals surface area contributed by atoms with Crippen molar-refractivity contribution < 1.29 is 19.1 Å². The van der Waals surface area contributed by atoms with E-state index in [9.17, 15) is 9.59 Å². The van der Waals surface area contributed by atoms with Crippen LogP contribution in [0.1, 0.15) is 98.8 Å². The maximum Gasteiger partial charge on any atom is 0.255 e. The van der Waals surface area contributed by atoms with Crippen molar-refractivity contribution in [3.05, 3.63) is 59.7 Å². The fraction of sp³-hybridized carbons (Fsp3) is 0.533. The van der Waals surface area contributed by atoms with Crippen molar-refractivity contribution in [3.63, 3.8) is 0 Å². The maximum absolute atomic E-state index is 13.2. The Bertz CT molecular complexity index is 884. The third kappa shape index (κ3) is 8.28. The molecule has 0 radical (unpaired) electrons. The summed E-state index contributed by atoms with van der Waals surface area (Å²) in [6, 6.07) is 14.5. The molecule has 196 valence electrons. The van der Waals surface area contributed by atoms with Crippen molar-refractivity contribution in [2.24, 2.45) is 0 Å². The topological polar surface area (TPSA) is 76.7 Å². The van der Waals surface area contributed by atoms with E-state index in [1.54, 1.807) is 12.1 Å². The molecule has 2 unspecified atom stereocenters. The molecule has 36 heavy (non-hydrogen) atoms. The second-order valence-corrected chi connectivity index (χ2v) is 9.55. The number of amides is 2. The van der Waals surface area contributed by atoms with Gasteiger partial charge in [0, 0.05) is 12.1 Å². The standard InChI is InChI=1S/C30H42N2O4/c1-3-5-13-21-35-27-19-11-7-15-23(27)29(33)31-25-17-9-10-18-26(25)32-30(34)24-16-8-12-20-28(24)36-22-14-6-4-2/h7-8,11-12,15-16,19-20,25-26H,3-6,9-10,13-14,17-18,21-22H2,1-2H3,(H,31,33)(H,32,34). The first-order valence-electron chi connectivity index (χ1n) is 13.7. The molecule has 0 saturated heterocycles. The van der Waals surface area contributed by atoms with Gasteiger partial charge in [-0.05, 0) is 49.9 Å². The number of para-hydroxylation sites is 2. The zero-order chi connectivity index (χ0) is 25.6. The highest BCUT2D eigenvalue weighted by Crippen LogP contribution is 2.24. The molecule has 0 aromatic heterocycles. The van der Waals surface area contributed by atoms with Gasteiger partial charge in [0.25, 0.3) is 11.8 Å². The minimum atomic E-state index is -0.160. The highest BCUT2D eigenvalue weighted by molar-refractivity contribution is 5.98. The van der Waals surface area contributed by atoms with Crippen molar-refractivity contribution in [1.82, 2.24) is 10.6 Å². The molecule has 1 aliphatic carbocycles. The molecule has 6 heteroatoms. The van der Waals surface area contributed by atoms with Gasteiger partial charge >= 0.3 is 0 Å². The molecule has 2 atom stereocenters. The van der Waals surface area contributed by atoms with Gasteiger partial charge in [0.2, 0.25) is 0 Å². The first-order chi connectivity index (χ1) is 17.6. The summed E-state index contributed by atoms with van der Waals surface area (Å²) in [6.07, 6.45) is 10.1. The van der Waals surface area contributed by atoms with E-state index in [1.807, 2.05) is 36.4 Å². The molecule has 1 saturated carbocycles. The first-order valence-corrected chi connectivity index (χ1v) is 13.7. The molecule has 0 aliphatic heterocycles. The highest BCUT2D eigenvalue weighted by atomic mass is 16.5. The quantitative estimate of drug-likeness (QED) is 0.302. The second-order valence-electron chi connectivity index (χ2n) is 9.55. The summed E-state index contributed by atoms with van der Waals surface area (Å²) in [5.41, 5.74) is 1.07. The van der Waals surface area contributed by atoms with Crippen LogP contribution < -0.4 is 20.1 Å². The number of hydrogen-bond acceptors (Lipinski definition) is 4. The molecule has 3 rings (SSSR count). The molecule has 1 aliphatic rings. The average molecular weight is 495 g/mol. The highest BCUT2D eigenvalue weighted by Gasteiger charge is 2.29. The Kier molecular flexibility index (Phi) is 11.6. The minimum absolute atomic E-state index is 0.138. The van der Waals surface area contributed by atoms with Gasteiger partial charge in [0.05, 0.1) is 24.3 Å². The van der Waals surface area contributed by atoms with Crippen LogP contribution in [0, 0.1) is 0 Å². The van der Waals surface area contributed by atoms with Crippen LogP contribution in [-0.4, -0.2) is 37.1 Å². The van der Waals surface area contributed by atoms with Crippen LogP contribution in [0.4, 0.5) is 0 Å². The normalized spacial score (nSPS) is 17.3. The monoisotopic (exact) mass is 494 g/mol. The van der Waals surface area contributed by atoms with Crippen LogP contribution in [0.5, 0.6) is 11.5 Å². The van der Waals surface area contributed by atoms with Gasteiger partial charge in [0.15, 0.2) is 0 Å². The second kappa shape index (κ2) is 15.2. The lowest BCUT2D eigenvalue weighted by Gasteiger charge is -2.33.